The second-order valence-corrected chi connectivity index (χ2v) is 10.1. The van der Waals surface area contributed by atoms with Crippen LogP contribution in [0.5, 0.6) is 5.75 Å². The molecule has 168 valence electrons. The zero-order valence-electron chi connectivity index (χ0n) is 17.9. The third kappa shape index (κ3) is 3.34. The molecule has 6 nitrogen and oxygen atoms in total. The maximum absolute atomic E-state index is 6.65. The van der Waals surface area contributed by atoms with E-state index in [4.69, 9.17) is 27.8 Å². The Bertz CT molecular complexity index is 1350. The molecule has 1 saturated heterocycles. The molecule has 2 aliphatic rings. The van der Waals surface area contributed by atoms with Crippen molar-refractivity contribution in [3.05, 3.63) is 71.5 Å². The van der Waals surface area contributed by atoms with Crippen LogP contribution in [-0.4, -0.2) is 28.7 Å². The Kier molecular flexibility index (Phi) is 4.94. The van der Waals surface area contributed by atoms with Crippen molar-refractivity contribution in [3.63, 3.8) is 0 Å². The molecule has 33 heavy (non-hydrogen) atoms. The Morgan fingerprint density at radius 2 is 1.91 bits per heavy atom. The van der Waals surface area contributed by atoms with Gasteiger partial charge in [0.25, 0.3) is 0 Å². The third-order valence-electron chi connectivity index (χ3n) is 6.85. The Labute approximate surface area is 201 Å². The molecule has 0 radical (unpaired) electrons. The smallest absolute Gasteiger partial charge is 0.143 e. The van der Waals surface area contributed by atoms with Gasteiger partial charge in [-0.15, -0.1) is 0 Å². The van der Waals surface area contributed by atoms with Crippen LogP contribution >= 0.6 is 23.4 Å². The number of ether oxygens (including phenoxy) is 1. The number of hydrogen-bond donors (Lipinski definition) is 3. The molecule has 0 amide bonds. The van der Waals surface area contributed by atoms with Crippen molar-refractivity contribution >= 4 is 45.8 Å². The lowest BCUT2D eigenvalue weighted by atomic mass is 9.83. The predicted octanol–water partition coefficient (Wildman–Crippen LogP) is 5.38. The standard InChI is InChI=1S/C25H24ClN5OS/c26-21-19(8-12-30-24(21)28)33-20-6-5-17(15-7-11-29-22(15)20)31-13-9-25(10-14-31)23(27)16-3-1-2-4-18(16)32-25/h1-8,11-12,23,29H,9-10,13-14,27H2,(H2,28,30)/t23-/m1/s1. The van der Waals surface area contributed by atoms with Crippen molar-refractivity contribution in [3.8, 4) is 5.75 Å². The molecule has 2 aliphatic heterocycles. The normalized spacial score (nSPS) is 19.1. The number of nitrogen functional groups attached to an aromatic ring is 1. The molecule has 2 aromatic heterocycles. The molecule has 0 saturated carbocycles. The van der Waals surface area contributed by atoms with E-state index in [0.717, 1.165) is 52.6 Å². The number of halogens is 1. The third-order valence-corrected chi connectivity index (χ3v) is 8.48. The summed E-state index contributed by atoms with van der Waals surface area (Å²) in [5, 5.41) is 1.68. The highest BCUT2D eigenvalue weighted by atomic mass is 35.5. The van der Waals surface area contributed by atoms with Gasteiger partial charge in [0.1, 0.15) is 17.2 Å². The Hall–Kier alpha value is -2.87. The van der Waals surface area contributed by atoms with Gasteiger partial charge in [-0.3, -0.25) is 0 Å². The molecular weight excluding hydrogens is 454 g/mol. The molecule has 8 heteroatoms. The maximum Gasteiger partial charge on any atom is 0.143 e. The van der Waals surface area contributed by atoms with E-state index in [1.165, 1.54) is 11.1 Å². The Balaban J connectivity index is 1.25. The lowest BCUT2D eigenvalue weighted by Crippen LogP contribution is -2.51. The van der Waals surface area contributed by atoms with Crippen molar-refractivity contribution in [2.24, 2.45) is 5.73 Å². The van der Waals surface area contributed by atoms with E-state index in [1.807, 2.05) is 30.5 Å². The van der Waals surface area contributed by atoms with Crippen LogP contribution in [0.15, 0.2) is 70.7 Å². The summed E-state index contributed by atoms with van der Waals surface area (Å²) in [6, 6.07) is 16.4. The molecular formula is C25H24ClN5OS. The van der Waals surface area contributed by atoms with Crippen molar-refractivity contribution in [2.75, 3.05) is 23.7 Å². The van der Waals surface area contributed by atoms with Gasteiger partial charge < -0.3 is 26.1 Å². The number of para-hydroxylation sites is 1. The molecule has 4 heterocycles. The van der Waals surface area contributed by atoms with Gasteiger partial charge in [0.05, 0.1) is 16.6 Å². The Morgan fingerprint density at radius 1 is 1.09 bits per heavy atom. The van der Waals surface area contributed by atoms with Crippen molar-refractivity contribution in [1.82, 2.24) is 9.97 Å². The summed E-state index contributed by atoms with van der Waals surface area (Å²) in [6.07, 6.45) is 5.44. The van der Waals surface area contributed by atoms with Crippen LogP contribution in [0.3, 0.4) is 0 Å². The van der Waals surface area contributed by atoms with E-state index in [0.29, 0.717) is 10.8 Å². The fourth-order valence-electron chi connectivity index (χ4n) is 5.05. The fourth-order valence-corrected chi connectivity index (χ4v) is 6.24. The molecule has 5 N–H and O–H groups in total. The zero-order valence-corrected chi connectivity index (χ0v) is 19.5. The summed E-state index contributed by atoms with van der Waals surface area (Å²) >= 11 is 7.97. The molecule has 0 bridgehead atoms. The number of rotatable bonds is 3. The van der Waals surface area contributed by atoms with E-state index in [2.05, 4.69) is 39.1 Å². The van der Waals surface area contributed by atoms with Crippen LogP contribution < -0.4 is 21.1 Å². The second-order valence-electron chi connectivity index (χ2n) is 8.63. The minimum atomic E-state index is -0.314. The summed E-state index contributed by atoms with van der Waals surface area (Å²) in [5.41, 5.74) is 15.7. The van der Waals surface area contributed by atoms with Crippen LogP contribution in [0.2, 0.25) is 5.02 Å². The van der Waals surface area contributed by atoms with Gasteiger partial charge >= 0.3 is 0 Å². The highest BCUT2D eigenvalue weighted by Crippen LogP contribution is 2.48. The number of pyridine rings is 1. The predicted molar refractivity (Wildman–Crippen MR) is 134 cm³/mol. The summed E-state index contributed by atoms with van der Waals surface area (Å²) in [5.74, 6) is 1.28. The summed E-state index contributed by atoms with van der Waals surface area (Å²) in [7, 11) is 0. The number of nitrogens with two attached hydrogens (primary N) is 2. The van der Waals surface area contributed by atoms with Gasteiger partial charge in [0, 0.05) is 64.8 Å². The topological polar surface area (TPSA) is 93.2 Å². The second kappa shape index (κ2) is 7.87. The molecule has 1 fully saturated rings. The monoisotopic (exact) mass is 477 g/mol. The molecule has 0 unspecified atom stereocenters. The maximum atomic E-state index is 6.65. The van der Waals surface area contributed by atoms with Crippen LogP contribution in [0.4, 0.5) is 11.5 Å². The van der Waals surface area contributed by atoms with E-state index < -0.39 is 0 Å². The average Bonchev–Trinajstić information content (AvgIpc) is 3.42. The van der Waals surface area contributed by atoms with Gasteiger partial charge in [0.15, 0.2) is 0 Å². The quantitative estimate of drug-likeness (QED) is 0.366. The number of piperidine rings is 1. The fraction of sp³-hybridized carbons (Fsp3) is 0.240. The number of hydrogen-bond acceptors (Lipinski definition) is 6. The zero-order chi connectivity index (χ0) is 22.6. The number of aromatic amines is 1. The van der Waals surface area contributed by atoms with E-state index in [1.54, 1.807) is 18.0 Å². The van der Waals surface area contributed by atoms with Gasteiger partial charge in [-0.2, -0.15) is 0 Å². The van der Waals surface area contributed by atoms with Gasteiger partial charge in [-0.1, -0.05) is 41.6 Å². The lowest BCUT2D eigenvalue weighted by Gasteiger charge is -2.42. The molecule has 2 aromatic carbocycles. The van der Waals surface area contributed by atoms with E-state index in [-0.39, 0.29) is 11.6 Å². The summed E-state index contributed by atoms with van der Waals surface area (Å²) in [4.78, 5) is 11.9. The number of nitrogens with zero attached hydrogens (tertiary/aromatic N) is 2. The number of aromatic nitrogens is 2. The average molecular weight is 478 g/mol. The largest absolute Gasteiger partial charge is 0.485 e. The van der Waals surface area contributed by atoms with E-state index >= 15 is 0 Å². The van der Waals surface area contributed by atoms with Crippen LogP contribution in [-0.2, 0) is 0 Å². The number of H-pyrrole nitrogens is 1. The van der Waals surface area contributed by atoms with Gasteiger partial charge in [0.2, 0.25) is 0 Å². The highest BCUT2D eigenvalue weighted by molar-refractivity contribution is 7.99. The first-order chi connectivity index (χ1) is 16.1. The van der Waals surface area contributed by atoms with Crippen molar-refractivity contribution in [1.29, 1.82) is 0 Å². The van der Waals surface area contributed by atoms with Crippen molar-refractivity contribution in [2.45, 2.75) is 34.3 Å². The SMILES string of the molecule is Nc1nccc(Sc2ccc(N3CCC4(CC3)Oc3ccccc3[C@H]4N)c3cc[nH]c23)c1Cl. The first-order valence-corrected chi connectivity index (χ1v) is 12.2. The molecule has 1 atom stereocenters. The number of nitrogens with one attached hydrogen (secondary N) is 1. The highest BCUT2D eigenvalue weighted by Gasteiger charge is 2.48. The van der Waals surface area contributed by atoms with Crippen LogP contribution in [0.1, 0.15) is 24.4 Å². The number of anilines is 2. The Morgan fingerprint density at radius 3 is 2.73 bits per heavy atom. The van der Waals surface area contributed by atoms with E-state index in [9.17, 15) is 0 Å². The molecule has 6 rings (SSSR count). The number of fused-ring (bicyclic) bond motifs is 2. The van der Waals surface area contributed by atoms with Gasteiger partial charge in [-0.05, 0) is 30.3 Å². The minimum absolute atomic E-state index is 0.0838. The lowest BCUT2D eigenvalue weighted by molar-refractivity contribution is 0.0433. The molecule has 4 aromatic rings. The number of benzene rings is 2. The first-order valence-electron chi connectivity index (χ1n) is 11.0. The van der Waals surface area contributed by atoms with Gasteiger partial charge in [-0.25, -0.2) is 4.98 Å². The van der Waals surface area contributed by atoms with Crippen molar-refractivity contribution < 1.29 is 4.74 Å². The molecule has 1 spiro atoms. The molecule has 0 aliphatic carbocycles. The summed E-state index contributed by atoms with van der Waals surface area (Å²) in [6.45, 7) is 1.78. The van der Waals surface area contributed by atoms with Crippen LogP contribution in [0, 0.1) is 0 Å². The minimum Gasteiger partial charge on any atom is -0.485 e. The van der Waals surface area contributed by atoms with Crippen LogP contribution in [0.25, 0.3) is 10.9 Å². The summed E-state index contributed by atoms with van der Waals surface area (Å²) < 4.78 is 6.42. The first kappa shape index (κ1) is 20.7.